The first-order chi connectivity index (χ1) is 5.34. The molecule has 2 aliphatic rings. The molecule has 0 saturated heterocycles. The van der Waals surface area contributed by atoms with E-state index in [9.17, 15) is 0 Å². The summed E-state index contributed by atoms with van der Waals surface area (Å²) >= 11 is 0. The van der Waals surface area contributed by atoms with Crippen molar-refractivity contribution in [2.45, 2.75) is 18.8 Å². The SMILES string of the molecule is Nc1cc2c(nn1)C1CC1C2. The third-order valence-corrected chi connectivity index (χ3v) is 2.68. The Balaban J connectivity index is 2.18. The molecule has 1 fully saturated rings. The van der Waals surface area contributed by atoms with Crippen molar-refractivity contribution in [3.63, 3.8) is 0 Å². The predicted molar refractivity (Wildman–Crippen MR) is 41.0 cm³/mol. The van der Waals surface area contributed by atoms with Gasteiger partial charge in [0.15, 0.2) is 0 Å². The third kappa shape index (κ3) is 0.628. The first-order valence-electron chi connectivity index (χ1n) is 3.96. The summed E-state index contributed by atoms with van der Waals surface area (Å²) in [5.41, 5.74) is 8.06. The predicted octanol–water partition coefficient (Wildman–Crippen LogP) is 0.718. The molecule has 3 nitrogen and oxygen atoms in total. The van der Waals surface area contributed by atoms with Crippen molar-refractivity contribution in [3.05, 3.63) is 17.3 Å². The molecule has 0 bridgehead atoms. The molecular formula is C8H9N3. The first-order valence-corrected chi connectivity index (χ1v) is 3.96. The molecule has 0 aliphatic heterocycles. The molecule has 2 unspecified atom stereocenters. The molecule has 2 N–H and O–H groups in total. The van der Waals surface area contributed by atoms with E-state index in [1.807, 2.05) is 6.07 Å². The van der Waals surface area contributed by atoms with Crippen LogP contribution in [0, 0.1) is 5.92 Å². The van der Waals surface area contributed by atoms with Crippen LogP contribution in [0.4, 0.5) is 5.82 Å². The Hall–Kier alpha value is -1.12. The summed E-state index contributed by atoms with van der Waals surface area (Å²) in [5, 5.41) is 7.96. The Morgan fingerprint density at radius 1 is 1.45 bits per heavy atom. The molecule has 1 aromatic heterocycles. The lowest BCUT2D eigenvalue weighted by molar-refractivity contribution is 0.856. The molecular weight excluding hydrogens is 138 g/mol. The van der Waals surface area contributed by atoms with E-state index in [1.165, 1.54) is 24.1 Å². The molecule has 1 aromatic rings. The van der Waals surface area contributed by atoms with Crippen molar-refractivity contribution >= 4 is 5.82 Å². The summed E-state index contributed by atoms with van der Waals surface area (Å²) in [6, 6.07) is 1.97. The van der Waals surface area contributed by atoms with E-state index in [1.54, 1.807) is 0 Å². The number of nitrogens with two attached hydrogens (primary N) is 1. The Kier molecular flexibility index (Phi) is 0.776. The molecule has 3 rings (SSSR count). The fourth-order valence-corrected chi connectivity index (χ4v) is 2.02. The average molecular weight is 147 g/mol. The first kappa shape index (κ1) is 5.52. The maximum absolute atomic E-state index is 5.52. The van der Waals surface area contributed by atoms with E-state index in [0.717, 1.165) is 11.8 Å². The maximum atomic E-state index is 5.52. The minimum absolute atomic E-state index is 0.560. The van der Waals surface area contributed by atoms with Gasteiger partial charge in [0.05, 0.1) is 5.69 Å². The number of fused-ring (bicyclic) bond motifs is 3. The van der Waals surface area contributed by atoms with Crippen LogP contribution in [-0.2, 0) is 6.42 Å². The molecule has 0 radical (unpaired) electrons. The molecule has 2 aliphatic carbocycles. The van der Waals surface area contributed by atoms with Crippen LogP contribution < -0.4 is 5.73 Å². The van der Waals surface area contributed by atoms with Crippen LogP contribution >= 0.6 is 0 Å². The minimum atomic E-state index is 0.560. The summed E-state index contributed by atoms with van der Waals surface area (Å²) in [5.74, 6) is 2.17. The lowest BCUT2D eigenvalue weighted by Gasteiger charge is -1.99. The summed E-state index contributed by atoms with van der Waals surface area (Å²) in [7, 11) is 0. The van der Waals surface area contributed by atoms with Crippen molar-refractivity contribution in [1.29, 1.82) is 0 Å². The van der Waals surface area contributed by atoms with Crippen LogP contribution in [0.15, 0.2) is 6.07 Å². The van der Waals surface area contributed by atoms with E-state index >= 15 is 0 Å². The average Bonchev–Trinajstić information content (AvgIpc) is 2.63. The Labute approximate surface area is 64.6 Å². The minimum Gasteiger partial charge on any atom is -0.382 e. The van der Waals surface area contributed by atoms with Crippen LogP contribution in [0.3, 0.4) is 0 Å². The van der Waals surface area contributed by atoms with Gasteiger partial charge in [-0.05, 0) is 30.4 Å². The molecule has 2 atom stereocenters. The number of nitrogens with zero attached hydrogens (tertiary/aromatic N) is 2. The standard InChI is InChI=1S/C8H9N3/c9-7-3-5-1-4-2-6(4)8(5)11-10-7/h3-4,6H,1-2H2,(H2,9,10). The number of nitrogen functional groups attached to an aromatic ring is 1. The second kappa shape index (κ2) is 1.55. The number of hydrogen-bond donors (Lipinski definition) is 1. The van der Waals surface area contributed by atoms with Crippen LogP contribution in [0.5, 0.6) is 0 Å². The van der Waals surface area contributed by atoms with Gasteiger partial charge in [0.25, 0.3) is 0 Å². The van der Waals surface area contributed by atoms with E-state index in [2.05, 4.69) is 10.2 Å². The van der Waals surface area contributed by atoms with Crippen molar-refractivity contribution in [3.8, 4) is 0 Å². The second-order valence-corrected chi connectivity index (χ2v) is 3.49. The van der Waals surface area contributed by atoms with E-state index in [4.69, 9.17) is 5.73 Å². The zero-order valence-electron chi connectivity index (χ0n) is 6.12. The van der Waals surface area contributed by atoms with Crippen LogP contribution in [0.25, 0.3) is 0 Å². The summed E-state index contributed by atoms with van der Waals surface area (Å²) in [4.78, 5) is 0. The van der Waals surface area contributed by atoms with E-state index in [-0.39, 0.29) is 0 Å². The molecule has 3 heteroatoms. The lowest BCUT2D eigenvalue weighted by Crippen LogP contribution is -1.98. The molecule has 0 amide bonds. The number of anilines is 1. The highest BCUT2D eigenvalue weighted by Gasteiger charge is 2.46. The van der Waals surface area contributed by atoms with Gasteiger partial charge in [-0.3, -0.25) is 0 Å². The molecule has 0 spiro atoms. The van der Waals surface area contributed by atoms with Crippen molar-refractivity contribution in [1.82, 2.24) is 10.2 Å². The van der Waals surface area contributed by atoms with Gasteiger partial charge in [-0.15, -0.1) is 5.10 Å². The monoisotopic (exact) mass is 147 g/mol. The molecule has 56 valence electrons. The summed E-state index contributed by atoms with van der Waals surface area (Å²) in [6.45, 7) is 0. The zero-order chi connectivity index (χ0) is 7.42. The maximum Gasteiger partial charge on any atom is 0.146 e. The van der Waals surface area contributed by atoms with Gasteiger partial charge in [-0.1, -0.05) is 0 Å². The van der Waals surface area contributed by atoms with Crippen molar-refractivity contribution in [2.24, 2.45) is 5.92 Å². The molecule has 0 aromatic carbocycles. The normalized spacial score (nSPS) is 31.3. The highest BCUT2D eigenvalue weighted by atomic mass is 15.1. The smallest absolute Gasteiger partial charge is 0.146 e. The second-order valence-electron chi connectivity index (χ2n) is 3.49. The molecule has 11 heavy (non-hydrogen) atoms. The van der Waals surface area contributed by atoms with Gasteiger partial charge in [0.1, 0.15) is 5.82 Å². The topological polar surface area (TPSA) is 51.8 Å². The van der Waals surface area contributed by atoms with Gasteiger partial charge >= 0.3 is 0 Å². The van der Waals surface area contributed by atoms with Gasteiger partial charge in [-0.2, -0.15) is 5.10 Å². The summed E-state index contributed by atoms with van der Waals surface area (Å²) in [6.07, 6.45) is 2.51. The Morgan fingerprint density at radius 2 is 2.36 bits per heavy atom. The Morgan fingerprint density at radius 3 is 3.27 bits per heavy atom. The molecule has 1 saturated carbocycles. The van der Waals surface area contributed by atoms with Crippen LogP contribution in [0.1, 0.15) is 23.6 Å². The van der Waals surface area contributed by atoms with Crippen molar-refractivity contribution in [2.75, 3.05) is 5.73 Å². The van der Waals surface area contributed by atoms with Crippen LogP contribution in [-0.4, -0.2) is 10.2 Å². The zero-order valence-corrected chi connectivity index (χ0v) is 6.12. The van der Waals surface area contributed by atoms with Gasteiger partial charge < -0.3 is 5.73 Å². The van der Waals surface area contributed by atoms with Gasteiger partial charge in [-0.25, -0.2) is 0 Å². The fourth-order valence-electron chi connectivity index (χ4n) is 2.02. The highest BCUT2D eigenvalue weighted by Crippen LogP contribution is 2.55. The van der Waals surface area contributed by atoms with E-state index < -0.39 is 0 Å². The highest BCUT2D eigenvalue weighted by molar-refractivity contribution is 5.41. The third-order valence-electron chi connectivity index (χ3n) is 2.68. The Bertz CT molecular complexity index is 321. The number of hydrogen-bond acceptors (Lipinski definition) is 3. The number of aromatic nitrogens is 2. The number of rotatable bonds is 0. The van der Waals surface area contributed by atoms with Crippen molar-refractivity contribution < 1.29 is 0 Å². The summed E-state index contributed by atoms with van der Waals surface area (Å²) < 4.78 is 0. The largest absolute Gasteiger partial charge is 0.382 e. The van der Waals surface area contributed by atoms with Gasteiger partial charge in [0.2, 0.25) is 0 Å². The quantitative estimate of drug-likeness (QED) is 0.588. The lowest BCUT2D eigenvalue weighted by atomic mass is 10.2. The van der Waals surface area contributed by atoms with Gasteiger partial charge in [0, 0.05) is 5.92 Å². The van der Waals surface area contributed by atoms with Crippen LogP contribution in [0.2, 0.25) is 0 Å². The fraction of sp³-hybridized carbons (Fsp3) is 0.500. The molecule has 1 heterocycles. The van der Waals surface area contributed by atoms with E-state index in [0.29, 0.717) is 5.82 Å².